The van der Waals surface area contributed by atoms with Crippen molar-refractivity contribution >= 4 is 11.7 Å². The Labute approximate surface area is 135 Å². The molecule has 0 aromatic carbocycles. The van der Waals surface area contributed by atoms with Crippen molar-refractivity contribution in [1.82, 2.24) is 24.5 Å². The third kappa shape index (κ3) is 3.19. The number of hydrogen-bond donors (Lipinski definition) is 1. The second kappa shape index (κ2) is 6.23. The molecule has 3 rings (SSSR count). The van der Waals surface area contributed by atoms with Gasteiger partial charge in [0.2, 0.25) is 5.91 Å². The Bertz CT molecular complexity index is 725. The van der Waals surface area contributed by atoms with Gasteiger partial charge in [-0.3, -0.25) is 4.79 Å². The van der Waals surface area contributed by atoms with Gasteiger partial charge in [0.15, 0.2) is 5.82 Å². The van der Waals surface area contributed by atoms with Crippen LogP contribution in [0.1, 0.15) is 37.0 Å². The van der Waals surface area contributed by atoms with E-state index in [9.17, 15) is 4.79 Å². The van der Waals surface area contributed by atoms with E-state index >= 15 is 0 Å². The number of likely N-dealkylation sites (tertiary alicyclic amines) is 1. The molecule has 2 atom stereocenters. The summed E-state index contributed by atoms with van der Waals surface area (Å²) < 4.78 is 1.69. The zero-order chi connectivity index (χ0) is 16.6. The molecule has 124 valence electrons. The van der Waals surface area contributed by atoms with Crippen LogP contribution in [0.4, 0.5) is 0 Å². The molecule has 1 amide bonds. The molecule has 2 N–H and O–H groups in total. The second-order valence-corrected chi connectivity index (χ2v) is 6.56. The van der Waals surface area contributed by atoms with Crippen LogP contribution in [0, 0.1) is 19.8 Å². The summed E-state index contributed by atoms with van der Waals surface area (Å²) in [6.07, 6.45) is 2.20. The van der Waals surface area contributed by atoms with Gasteiger partial charge >= 0.3 is 0 Å². The standard InChI is InChI=1S/C16H24N6O/c1-10-4-5-21(13(6-10)9-17)15(23)8-14-19-16-18-11(2)7-12(3)22(16)20-14/h7,10,13H,4-6,8-9,17H2,1-3H3. The Balaban J connectivity index is 1.78. The molecule has 0 bridgehead atoms. The monoisotopic (exact) mass is 316 g/mol. The van der Waals surface area contributed by atoms with Crippen LogP contribution in [0.2, 0.25) is 0 Å². The van der Waals surface area contributed by atoms with Gasteiger partial charge in [-0.25, -0.2) is 9.50 Å². The van der Waals surface area contributed by atoms with Gasteiger partial charge < -0.3 is 10.6 Å². The lowest BCUT2D eigenvalue weighted by Crippen LogP contribution is -2.49. The lowest BCUT2D eigenvalue weighted by atomic mass is 9.92. The summed E-state index contributed by atoms with van der Waals surface area (Å²) in [5.41, 5.74) is 7.71. The molecule has 0 saturated carbocycles. The number of rotatable bonds is 3. The van der Waals surface area contributed by atoms with Crippen LogP contribution < -0.4 is 5.73 Å². The average molecular weight is 316 g/mol. The molecule has 2 aromatic heterocycles. The van der Waals surface area contributed by atoms with Crippen LogP contribution in [0.15, 0.2) is 6.07 Å². The number of piperidine rings is 1. The maximum absolute atomic E-state index is 12.6. The van der Waals surface area contributed by atoms with E-state index in [0.29, 0.717) is 24.1 Å². The summed E-state index contributed by atoms with van der Waals surface area (Å²) in [5.74, 6) is 1.74. The van der Waals surface area contributed by atoms with Gasteiger partial charge in [-0.2, -0.15) is 4.98 Å². The number of carbonyl (C=O) groups excluding carboxylic acids is 1. The van der Waals surface area contributed by atoms with E-state index in [2.05, 4.69) is 22.0 Å². The predicted molar refractivity (Wildman–Crippen MR) is 86.9 cm³/mol. The number of nitrogens with zero attached hydrogens (tertiary/aromatic N) is 5. The van der Waals surface area contributed by atoms with Gasteiger partial charge in [0.1, 0.15) is 0 Å². The molecule has 0 aliphatic carbocycles. The van der Waals surface area contributed by atoms with E-state index in [4.69, 9.17) is 5.73 Å². The Morgan fingerprint density at radius 2 is 2.17 bits per heavy atom. The van der Waals surface area contributed by atoms with Gasteiger partial charge in [-0.15, -0.1) is 5.10 Å². The van der Waals surface area contributed by atoms with Crippen LogP contribution in [0.3, 0.4) is 0 Å². The van der Waals surface area contributed by atoms with E-state index in [0.717, 1.165) is 30.8 Å². The fourth-order valence-corrected chi connectivity index (χ4v) is 3.32. The fraction of sp³-hybridized carbons (Fsp3) is 0.625. The van der Waals surface area contributed by atoms with Gasteiger partial charge in [-0.05, 0) is 38.7 Å². The Morgan fingerprint density at radius 3 is 2.91 bits per heavy atom. The lowest BCUT2D eigenvalue weighted by molar-refractivity contribution is -0.134. The van der Waals surface area contributed by atoms with E-state index in [1.54, 1.807) is 4.52 Å². The van der Waals surface area contributed by atoms with Crippen molar-refractivity contribution in [2.24, 2.45) is 11.7 Å². The predicted octanol–water partition coefficient (Wildman–Crippen LogP) is 0.869. The van der Waals surface area contributed by atoms with Gasteiger partial charge in [-0.1, -0.05) is 6.92 Å². The zero-order valence-electron chi connectivity index (χ0n) is 14.0. The van der Waals surface area contributed by atoms with Crippen LogP contribution in [-0.2, 0) is 11.2 Å². The van der Waals surface area contributed by atoms with Crippen molar-refractivity contribution < 1.29 is 4.79 Å². The quantitative estimate of drug-likeness (QED) is 0.907. The van der Waals surface area contributed by atoms with E-state index in [-0.39, 0.29) is 18.4 Å². The second-order valence-electron chi connectivity index (χ2n) is 6.56. The molecule has 7 heteroatoms. The largest absolute Gasteiger partial charge is 0.338 e. The number of hydrogen-bond acceptors (Lipinski definition) is 5. The molecule has 1 aliphatic rings. The molecule has 2 aromatic rings. The highest BCUT2D eigenvalue weighted by atomic mass is 16.2. The van der Waals surface area contributed by atoms with Crippen molar-refractivity contribution in [1.29, 1.82) is 0 Å². The molecule has 2 unspecified atom stereocenters. The van der Waals surface area contributed by atoms with Crippen LogP contribution in [-0.4, -0.2) is 49.5 Å². The topological polar surface area (TPSA) is 89.4 Å². The number of nitrogens with two attached hydrogens (primary N) is 1. The number of aryl methyl sites for hydroxylation is 2. The first-order valence-electron chi connectivity index (χ1n) is 8.17. The highest BCUT2D eigenvalue weighted by Crippen LogP contribution is 2.22. The molecule has 1 saturated heterocycles. The summed E-state index contributed by atoms with van der Waals surface area (Å²) in [6.45, 7) is 7.37. The summed E-state index contributed by atoms with van der Waals surface area (Å²) in [7, 11) is 0. The number of carbonyl (C=O) groups is 1. The van der Waals surface area contributed by atoms with Crippen molar-refractivity contribution in [2.45, 2.75) is 46.1 Å². The summed E-state index contributed by atoms with van der Waals surface area (Å²) in [4.78, 5) is 23.3. The van der Waals surface area contributed by atoms with Gasteiger partial charge in [0.05, 0.1) is 6.42 Å². The van der Waals surface area contributed by atoms with Crippen molar-refractivity contribution in [2.75, 3.05) is 13.1 Å². The minimum atomic E-state index is 0.0534. The third-order valence-corrected chi connectivity index (χ3v) is 4.54. The number of aromatic nitrogens is 4. The Hall–Kier alpha value is -2.02. The molecular weight excluding hydrogens is 292 g/mol. The van der Waals surface area contributed by atoms with Crippen molar-refractivity contribution in [3.63, 3.8) is 0 Å². The molecule has 1 aliphatic heterocycles. The molecule has 23 heavy (non-hydrogen) atoms. The van der Waals surface area contributed by atoms with Crippen LogP contribution >= 0.6 is 0 Å². The first-order valence-corrected chi connectivity index (χ1v) is 8.17. The van der Waals surface area contributed by atoms with Gasteiger partial charge in [0.25, 0.3) is 5.78 Å². The molecule has 7 nitrogen and oxygen atoms in total. The summed E-state index contributed by atoms with van der Waals surface area (Å²) >= 11 is 0. The number of amides is 1. The maximum Gasteiger partial charge on any atom is 0.252 e. The van der Waals surface area contributed by atoms with Crippen molar-refractivity contribution in [3.05, 3.63) is 23.3 Å². The van der Waals surface area contributed by atoms with Crippen LogP contribution in [0.5, 0.6) is 0 Å². The normalized spacial score (nSPS) is 21.8. The molecule has 3 heterocycles. The first kappa shape index (κ1) is 15.9. The molecule has 1 fully saturated rings. The molecular formula is C16H24N6O. The SMILES string of the molecule is Cc1cc(C)n2nc(CC(=O)N3CCC(C)CC3CN)nc2n1. The zero-order valence-corrected chi connectivity index (χ0v) is 14.0. The Morgan fingerprint density at radius 1 is 1.39 bits per heavy atom. The van der Waals surface area contributed by atoms with Crippen molar-refractivity contribution in [3.8, 4) is 0 Å². The highest BCUT2D eigenvalue weighted by molar-refractivity contribution is 5.78. The Kier molecular flexibility index (Phi) is 4.30. The minimum Gasteiger partial charge on any atom is -0.338 e. The number of fused-ring (bicyclic) bond motifs is 1. The van der Waals surface area contributed by atoms with E-state index in [1.165, 1.54) is 0 Å². The maximum atomic E-state index is 12.6. The highest BCUT2D eigenvalue weighted by Gasteiger charge is 2.29. The fourth-order valence-electron chi connectivity index (χ4n) is 3.32. The molecule has 0 radical (unpaired) electrons. The minimum absolute atomic E-state index is 0.0534. The average Bonchev–Trinajstić information content (AvgIpc) is 2.89. The third-order valence-electron chi connectivity index (χ3n) is 4.54. The smallest absolute Gasteiger partial charge is 0.252 e. The van der Waals surface area contributed by atoms with E-state index < -0.39 is 0 Å². The summed E-state index contributed by atoms with van der Waals surface area (Å²) in [6, 6.07) is 2.08. The van der Waals surface area contributed by atoms with E-state index in [1.807, 2.05) is 24.8 Å². The molecule has 0 spiro atoms. The lowest BCUT2D eigenvalue weighted by Gasteiger charge is -2.37. The summed E-state index contributed by atoms with van der Waals surface area (Å²) in [5, 5.41) is 4.42. The van der Waals surface area contributed by atoms with Gasteiger partial charge in [0, 0.05) is 30.5 Å². The van der Waals surface area contributed by atoms with Crippen LogP contribution in [0.25, 0.3) is 5.78 Å². The first-order chi connectivity index (χ1) is 11.0.